The van der Waals surface area contributed by atoms with Crippen molar-refractivity contribution in [3.63, 3.8) is 0 Å². The van der Waals surface area contributed by atoms with Crippen molar-refractivity contribution in [2.75, 3.05) is 33.0 Å². The number of nitrogen functional groups attached to an aromatic ring is 1. The van der Waals surface area contributed by atoms with Crippen LogP contribution < -0.4 is 11.3 Å². The van der Waals surface area contributed by atoms with E-state index in [2.05, 4.69) is 89.7 Å². The van der Waals surface area contributed by atoms with Gasteiger partial charge in [0, 0.05) is 87.2 Å². The molecule has 0 bridgehead atoms. The Morgan fingerprint density at radius 1 is 0.476 bits per heavy atom. The normalized spacial score (nSPS) is 11.0. The number of ether oxygens (including phenoxy) is 5. The van der Waals surface area contributed by atoms with E-state index in [1.807, 2.05) is 6.07 Å². The second-order valence-corrected chi connectivity index (χ2v) is 26.9. The summed E-state index contributed by atoms with van der Waals surface area (Å²) >= 11 is 6.27. The zero-order valence-corrected chi connectivity index (χ0v) is 68.8. The van der Waals surface area contributed by atoms with Gasteiger partial charge in [0.25, 0.3) is 5.56 Å². The number of H-pyrrole nitrogens is 1. The molecule has 40 heteroatoms. The third kappa shape index (κ3) is 23.3. The number of esters is 5. The molecule has 0 fully saturated rings. The number of pyridine rings is 4. The number of nitrogens with zero attached hydrogens (tertiary/aromatic N) is 20. The number of benzene rings is 4. The van der Waals surface area contributed by atoms with Crippen LogP contribution in [0.25, 0.3) is 89.1 Å². The molecule has 4 N–H and O–H groups in total. The number of hydrogen-bond acceptors (Lipinski definition) is 27. The number of rotatable bonds is 28. The summed E-state index contributed by atoms with van der Waals surface area (Å²) in [6, 6.07) is 40.1. The van der Waals surface area contributed by atoms with Gasteiger partial charge in [0.05, 0.1) is 106 Å². The fourth-order valence-corrected chi connectivity index (χ4v) is 12.5. The van der Waals surface area contributed by atoms with Gasteiger partial charge in [-0.3, -0.25) is 34.2 Å². The van der Waals surface area contributed by atoms with Gasteiger partial charge in [0.2, 0.25) is 0 Å². The van der Waals surface area contributed by atoms with Crippen LogP contribution in [0.5, 0.6) is 0 Å². The number of hydrogen-bond donors (Lipinski definition) is 3. The highest BCUT2D eigenvalue weighted by Gasteiger charge is 2.26. The predicted molar refractivity (Wildman–Crippen MR) is 451 cm³/mol. The molecule has 126 heavy (non-hydrogen) atoms. The van der Waals surface area contributed by atoms with Crippen molar-refractivity contribution in [2.24, 2.45) is 16.8 Å². The Labute approximate surface area is 718 Å². The lowest BCUT2D eigenvalue weighted by molar-refractivity contribution is -0.155. The molecule has 0 spiro atoms. The van der Waals surface area contributed by atoms with Crippen molar-refractivity contribution >= 4 is 104 Å². The van der Waals surface area contributed by atoms with Crippen LogP contribution in [-0.2, 0) is 97.9 Å². The predicted octanol–water partition coefficient (Wildman–Crippen LogP) is 12.7. The van der Waals surface area contributed by atoms with Crippen LogP contribution in [0.15, 0.2) is 199 Å². The van der Waals surface area contributed by atoms with Gasteiger partial charge in [-0.05, 0) is 118 Å². The number of carbonyl (C=O) groups excluding carboxylic acids is 6. The molecular formula is C86H78ClF4N23O12. The van der Waals surface area contributed by atoms with E-state index in [9.17, 15) is 51.1 Å². The lowest BCUT2D eigenvalue weighted by Crippen LogP contribution is -2.23. The molecule has 0 saturated heterocycles. The minimum Gasteiger partial charge on any atom is -0.466 e. The van der Waals surface area contributed by atoms with Gasteiger partial charge >= 0.3 is 29.8 Å². The second kappa shape index (κ2) is 44.1. The van der Waals surface area contributed by atoms with Crippen LogP contribution in [0.2, 0.25) is 5.15 Å². The van der Waals surface area contributed by atoms with E-state index >= 15 is 0 Å². The summed E-state index contributed by atoms with van der Waals surface area (Å²) in [5, 5.41) is 31.9. The summed E-state index contributed by atoms with van der Waals surface area (Å²) in [6.45, 7) is 10.3. The number of fused-ring (bicyclic) bond motifs is 4. The van der Waals surface area contributed by atoms with E-state index in [0.29, 0.717) is 107 Å². The number of aldehydes is 1. The zero-order valence-electron chi connectivity index (χ0n) is 68.1. The van der Waals surface area contributed by atoms with Crippen LogP contribution in [0.4, 0.5) is 23.4 Å². The van der Waals surface area contributed by atoms with Crippen molar-refractivity contribution in [1.82, 2.24) is 89.0 Å². The number of carbonyl (C=O) groups is 6. The number of nitrogens with one attached hydrogen (secondary N) is 2. The number of nitrogens with two attached hydrogens (primary N) is 1. The summed E-state index contributed by atoms with van der Waals surface area (Å²) in [4.78, 5) is 124. The molecule has 35 nitrogen and oxygen atoms in total. The molecule has 11 heterocycles. The summed E-state index contributed by atoms with van der Waals surface area (Å²) in [5.41, 5.74) is 20.8. The Kier molecular flexibility index (Phi) is 31.9. The van der Waals surface area contributed by atoms with Crippen molar-refractivity contribution in [3.05, 3.63) is 283 Å². The van der Waals surface area contributed by atoms with E-state index in [0.717, 1.165) is 0 Å². The van der Waals surface area contributed by atoms with Crippen LogP contribution in [-0.4, -0.2) is 164 Å². The van der Waals surface area contributed by atoms with E-state index in [1.54, 1.807) is 193 Å². The largest absolute Gasteiger partial charge is 0.466 e. The number of aromatic nitrogens is 18. The van der Waals surface area contributed by atoms with Gasteiger partial charge in [-0.25, -0.2) is 81.1 Å². The molecule has 1 unspecified atom stereocenters. The minimum atomic E-state index is -1.05. The first-order valence-electron chi connectivity index (χ1n) is 38.9. The highest BCUT2D eigenvalue weighted by molar-refractivity contribution is 6.30. The van der Waals surface area contributed by atoms with Crippen molar-refractivity contribution in [1.29, 1.82) is 5.41 Å². The Hall–Kier alpha value is -15.8. The molecule has 0 aliphatic rings. The summed E-state index contributed by atoms with van der Waals surface area (Å²) in [6.07, 6.45) is 10.6. The molecule has 644 valence electrons. The first kappa shape index (κ1) is 91.0. The lowest BCUT2D eigenvalue weighted by Gasteiger charge is -2.08. The molecule has 0 amide bonds. The van der Waals surface area contributed by atoms with Crippen molar-refractivity contribution in [2.45, 2.75) is 86.5 Å². The van der Waals surface area contributed by atoms with Gasteiger partial charge in [-0.1, -0.05) is 84.4 Å². The number of halogens is 5. The fraction of sp³-hybridized carbons (Fsp3) is 0.221. The molecule has 15 rings (SSSR count). The third-order valence-corrected chi connectivity index (χ3v) is 18.4. The summed E-state index contributed by atoms with van der Waals surface area (Å²) < 4.78 is 86.3. The summed E-state index contributed by atoms with van der Waals surface area (Å²) in [7, 11) is 0. The third-order valence-electron chi connectivity index (χ3n) is 18.1. The molecule has 0 saturated carbocycles. The van der Waals surface area contributed by atoms with Gasteiger partial charge in [-0.15, -0.1) is 0 Å². The SMILES string of the molecule is CCOC(=O)CC(C=O)C(=O)OCC.CCOC(=O)Cc1cnc(-c2nn(Cc3ccccc3F)c3ncccc23)[nH]c1=O.CCOC(=O)Cc1cnc(-c2nn(Cc3ccccc3F)c3ncccc23)nc1Cl.CCOC(=O)Cc1cnc(-c2nn(Cc3ccccc3F)c3ncccc23)nc1N=[N+]=[N-].N=C(N)c1nn(Cc2ccccc2F)c2ncccc12. The molecule has 11 aromatic heterocycles. The number of azide groups is 1. The first-order valence-corrected chi connectivity index (χ1v) is 39.2. The monoisotopic (exact) mass is 1740 g/mol. The van der Waals surface area contributed by atoms with Crippen LogP contribution in [0.1, 0.15) is 85.7 Å². The molecule has 15 aromatic rings. The number of amidine groups is 1. The van der Waals surface area contributed by atoms with E-state index < -0.39 is 41.3 Å². The highest BCUT2D eigenvalue weighted by Crippen LogP contribution is 2.32. The van der Waals surface area contributed by atoms with Crippen LogP contribution in [0.3, 0.4) is 0 Å². The molecule has 4 aromatic carbocycles. The van der Waals surface area contributed by atoms with Crippen molar-refractivity contribution in [3.8, 4) is 34.6 Å². The smallest absolute Gasteiger partial charge is 0.316 e. The Bertz CT molecular complexity index is 6580. The van der Waals surface area contributed by atoms with E-state index in [-0.39, 0.29) is 148 Å². The quantitative estimate of drug-likeness (QED) is 0.00350. The first-order chi connectivity index (χ1) is 61.0. The van der Waals surface area contributed by atoms with E-state index in [1.165, 1.54) is 42.9 Å². The van der Waals surface area contributed by atoms with Gasteiger partial charge in [0.15, 0.2) is 40.1 Å². The molecule has 0 aliphatic heterocycles. The fourth-order valence-electron chi connectivity index (χ4n) is 12.3. The maximum atomic E-state index is 14.2. The summed E-state index contributed by atoms with van der Waals surface area (Å²) in [5.74, 6) is -4.40. The maximum absolute atomic E-state index is 14.2. The van der Waals surface area contributed by atoms with Crippen LogP contribution >= 0.6 is 11.6 Å². The topological polar surface area (TPSA) is 467 Å². The Morgan fingerprint density at radius 3 is 1.25 bits per heavy atom. The Balaban J connectivity index is 0.000000157. The standard InChI is InChI=1S/C21H17ClFN5O2.C21H17FN8O2.C21H18FN5O3.C14H12FN5.C9H14O5/c1-2-30-17(29)10-14-11-25-20(26-19(14)22)18-15-7-5-9-24-21(15)28(27-18)12-13-6-3-4-8-16(13)23;1-2-32-17(31)10-14-11-25-20(26-19(14)27-29-23)18-15-7-5-9-24-21(15)30(28-18)12-13-6-3-4-8-16(13)22;1-2-30-17(28)10-14-11-24-19(25-21(14)29)18-15-7-5-9-23-20(15)27(26-18)12-13-6-3-4-8-16(13)22;15-11-6-2-1-4-9(11)8-20-14-10(5-3-7-18-14)12(19-20)13(16)17;1-3-13-8(11)5-7(6-10)9(12)14-4-2/h3-9,11H,2,10,12H2,1H3;3-9,11H,2,10,12H2,1H3;3-9,11H,2,10,12H2,1H3,(H,24,25,29);1-7H,8H2,(H3,16,17);6-7H,3-5H2,1-2H3. The molecule has 0 aliphatic carbocycles. The maximum Gasteiger partial charge on any atom is 0.316 e. The molecule has 1 atom stereocenters. The molecular weight excluding hydrogens is 1660 g/mol. The number of aromatic amines is 1. The second-order valence-electron chi connectivity index (χ2n) is 26.6. The Morgan fingerprint density at radius 2 is 0.841 bits per heavy atom. The van der Waals surface area contributed by atoms with Crippen molar-refractivity contribution < 1.29 is 70.0 Å². The van der Waals surface area contributed by atoms with Crippen LogP contribution in [0, 0.1) is 34.6 Å². The highest BCUT2D eigenvalue weighted by atomic mass is 35.5. The van der Waals surface area contributed by atoms with Gasteiger partial charge in [-0.2, -0.15) is 20.4 Å². The average molecular weight is 1740 g/mol. The van der Waals surface area contributed by atoms with Gasteiger partial charge in [0.1, 0.15) is 75.1 Å². The van der Waals surface area contributed by atoms with E-state index in [4.69, 9.17) is 42.5 Å². The molecule has 0 radical (unpaired) electrons. The minimum absolute atomic E-state index is 0.00578. The zero-order chi connectivity index (χ0) is 89.8. The average Bonchev–Trinajstić information content (AvgIpc) is 1.64. The van der Waals surface area contributed by atoms with Gasteiger partial charge < -0.3 is 39.2 Å². The lowest BCUT2D eigenvalue weighted by atomic mass is 10.1.